The van der Waals surface area contributed by atoms with Gasteiger partial charge in [-0.15, -0.1) is 11.8 Å². The molecule has 130 valence electrons. The van der Waals surface area contributed by atoms with Crippen molar-refractivity contribution in [2.45, 2.75) is 34.8 Å². The normalized spacial score (nSPS) is 22.7. The molecule has 9 heteroatoms. The molecule has 2 aliphatic rings. The monoisotopic (exact) mass is 369 g/mol. The highest BCUT2D eigenvalue weighted by molar-refractivity contribution is 8.01. The molecule has 1 unspecified atom stereocenters. The van der Waals surface area contributed by atoms with E-state index >= 15 is 0 Å². The maximum atomic E-state index is 12.8. The molecule has 2 aliphatic heterocycles. The van der Waals surface area contributed by atoms with Gasteiger partial charge in [0.05, 0.1) is 15.8 Å². The van der Waals surface area contributed by atoms with Gasteiger partial charge in [0.2, 0.25) is 21.8 Å². The molecule has 3 rings (SSSR count). The zero-order valence-corrected chi connectivity index (χ0v) is 14.8. The SMILES string of the molecule is CC1Sc2cc(S(=O)(=O)N3CCC(C(N)=O)CC3)ccc2NC1=O. The summed E-state index contributed by atoms with van der Waals surface area (Å²) in [6.45, 7) is 2.35. The van der Waals surface area contributed by atoms with E-state index in [0.29, 0.717) is 18.5 Å². The fourth-order valence-electron chi connectivity index (χ4n) is 2.87. The van der Waals surface area contributed by atoms with E-state index in [1.807, 2.05) is 0 Å². The first kappa shape index (κ1) is 17.2. The average Bonchev–Trinajstić information content (AvgIpc) is 2.55. The molecule has 1 atom stereocenters. The summed E-state index contributed by atoms with van der Waals surface area (Å²) in [4.78, 5) is 23.8. The number of piperidine rings is 1. The quantitative estimate of drug-likeness (QED) is 0.826. The molecule has 24 heavy (non-hydrogen) atoms. The molecule has 1 aromatic rings. The van der Waals surface area contributed by atoms with Crippen LogP contribution in [-0.2, 0) is 19.6 Å². The first-order chi connectivity index (χ1) is 11.3. The molecule has 0 bridgehead atoms. The number of benzene rings is 1. The molecule has 0 aromatic heterocycles. The van der Waals surface area contributed by atoms with Crippen LogP contribution in [0.15, 0.2) is 28.0 Å². The van der Waals surface area contributed by atoms with Gasteiger partial charge in [0.15, 0.2) is 0 Å². The lowest BCUT2D eigenvalue weighted by Gasteiger charge is -2.30. The number of anilines is 1. The first-order valence-corrected chi connectivity index (χ1v) is 10.0. The zero-order chi connectivity index (χ0) is 17.5. The van der Waals surface area contributed by atoms with E-state index in [9.17, 15) is 18.0 Å². The number of thioether (sulfide) groups is 1. The van der Waals surface area contributed by atoms with Crippen LogP contribution in [0.1, 0.15) is 19.8 Å². The molecule has 0 spiro atoms. The summed E-state index contributed by atoms with van der Waals surface area (Å²) in [5, 5.41) is 2.50. The molecule has 7 nitrogen and oxygen atoms in total. The van der Waals surface area contributed by atoms with Crippen LogP contribution in [0, 0.1) is 5.92 Å². The summed E-state index contributed by atoms with van der Waals surface area (Å²) < 4.78 is 27.0. The molecule has 2 heterocycles. The summed E-state index contributed by atoms with van der Waals surface area (Å²) in [7, 11) is -3.62. The van der Waals surface area contributed by atoms with Crippen LogP contribution in [0.4, 0.5) is 5.69 Å². The maximum absolute atomic E-state index is 12.8. The Labute approximate surface area is 145 Å². The minimum absolute atomic E-state index is 0.0865. The second kappa shape index (κ2) is 6.38. The molecule has 0 radical (unpaired) electrons. The lowest BCUT2D eigenvalue weighted by Crippen LogP contribution is -2.41. The molecular formula is C15H19N3O4S2. The Balaban J connectivity index is 1.82. The van der Waals surface area contributed by atoms with Crippen molar-refractivity contribution in [2.75, 3.05) is 18.4 Å². The van der Waals surface area contributed by atoms with E-state index < -0.39 is 10.0 Å². The number of primary amides is 1. The van der Waals surface area contributed by atoms with E-state index in [0.717, 1.165) is 4.90 Å². The van der Waals surface area contributed by atoms with Crippen molar-refractivity contribution < 1.29 is 18.0 Å². The molecule has 3 N–H and O–H groups in total. The number of carbonyl (C=O) groups excluding carboxylic acids is 2. The van der Waals surface area contributed by atoms with Gasteiger partial charge < -0.3 is 11.1 Å². The third kappa shape index (κ3) is 3.15. The lowest BCUT2D eigenvalue weighted by molar-refractivity contribution is -0.122. The van der Waals surface area contributed by atoms with Gasteiger partial charge in [-0.2, -0.15) is 4.31 Å². The molecule has 2 amide bonds. The van der Waals surface area contributed by atoms with Crippen molar-refractivity contribution in [3.63, 3.8) is 0 Å². The maximum Gasteiger partial charge on any atom is 0.243 e. The largest absolute Gasteiger partial charge is 0.369 e. The number of nitrogens with zero attached hydrogens (tertiary/aromatic N) is 1. The van der Waals surface area contributed by atoms with Crippen LogP contribution in [0.3, 0.4) is 0 Å². The second-order valence-electron chi connectivity index (χ2n) is 5.99. The molecule has 0 aliphatic carbocycles. The van der Waals surface area contributed by atoms with Crippen LogP contribution < -0.4 is 11.1 Å². The number of hydrogen-bond donors (Lipinski definition) is 2. The first-order valence-electron chi connectivity index (χ1n) is 7.70. The molecule has 1 fully saturated rings. The van der Waals surface area contributed by atoms with Gasteiger partial charge >= 0.3 is 0 Å². The van der Waals surface area contributed by atoms with E-state index in [4.69, 9.17) is 5.73 Å². The van der Waals surface area contributed by atoms with Crippen molar-refractivity contribution in [3.8, 4) is 0 Å². The van der Waals surface area contributed by atoms with Gasteiger partial charge in [-0.25, -0.2) is 8.42 Å². The topological polar surface area (TPSA) is 110 Å². The summed E-state index contributed by atoms with van der Waals surface area (Å²) in [5.41, 5.74) is 5.92. The van der Waals surface area contributed by atoms with Crippen molar-refractivity contribution in [2.24, 2.45) is 11.7 Å². The van der Waals surface area contributed by atoms with Crippen LogP contribution in [0.2, 0.25) is 0 Å². The minimum atomic E-state index is -3.62. The van der Waals surface area contributed by atoms with Crippen LogP contribution in [0.5, 0.6) is 0 Å². The third-order valence-electron chi connectivity index (χ3n) is 4.38. The van der Waals surface area contributed by atoms with E-state index in [-0.39, 0.29) is 41.0 Å². The molecular weight excluding hydrogens is 350 g/mol. The Bertz CT molecular complexity index is 786. The van der Waals surface area contributed by atoms with Crippen LogP contribution in [0.25, 0.3) is 0 Å². The van der Waals surface area contributed by atoms with Crippen LogP contribution in [-0.4, -0.2) is 42.9 Å². The number of nitrogens with two attached hydrogens (primary N) is 1. The fraction of sp³-hybridized carbons (Fsp3) is 0.467. The highest BCUT2D eigenvalue weighted by Gasteiger charge is 2.32. The third-order valence-corrected chi connectivity index (χ3v) is 7.43. The summed E-state index contributed by atoms with van der Waals surface area (Å²) in [6, 6.07) is 4.73. The highest BCUT2D eigenvalue weighted by Crippen LogP contribution is 2.37. The predicted molar refractivity (Wildman–Crippen MR) is 91.1 cm³/mol. The fourth-order valence-corrected chi connectivity index (χ4v) is 5.43. The van der Waals surface area contributed by atoms with Gasteiger partial charge in [-0.3, -0.25) is 9.59 Å². The zero-order valence-electron chi connectivity index (χ0n) is 13.2. The van der Waals surface area contributed by atoms with Gasteiger partial charge in [0.1, 0.15) is 0 Å². The van der Waals surface area contributed by atoms with E-state index in [1.54, 1.807) is 19.1 Å². The molecule has 0 saturated carbocycles. The van der Waals surface area contributed by atoms with E-state index in [2.05, 4.69) is 5.32 Å². The number of sulfonamides is 1. The standard InChI is InChI=1S/C15H19N3O4S2/c1-9-15(20)17-12-3-2-11(8-13(12)23-9)24(21,22)18-6-4-10(5-7-18)14(16)19/h2-3,8-10H,4-7H2,1H3,(H2,16,19)(H,17,20). The lowest BCUT2D eigenvalue weighted by atomic mass is 9.98. The average molecular weight is 369 g/mol. The number of fused-ring (bicyclic) bond motifs is 1. The number of hydrogen-bond acceptors (Lipinski definition) is 5. The number of rotatable bonds is 3. The van der Waals surface area contributed by atoms with Gasteiger partial charge in [-0.1, -0.05) is 0 Å². The number of nitrogens with one attached hydrogen (secondary N) is 1. The Morgan fingerprint density at radius 1 is 1.33 bits per heavy atom. The Morgan fingerprint density at radius 2 is 2.00 bits per heavy atom. The summed E-state index contributed by atoms with van der Waals surface area (Å²) >= 11 is 1.35. The van der Waals surface area contributed by atoms with Gasteiger partial charge in [0, 0.05) is 23.9 Å². The van der Waals surface area contributed by atoms with Gasteiger partial charge in [-0.05, 0) is 38.0 Å². The van der Waals surface area contributed by atoms with E-state index in [1.165, 1.54) is 22.1 Å². The summed E-state index contributed by atoms with van der Waals surface area (Å²) in [5.74, 6) is -0.717. The second-order valence-corrected chi connectivity index (χ2v) is 9.31. The Morgan fingerprint density at radius 3 is 2.62 bits per heavy atom. The van der Waals surface area contributed by atoms with Crippen molar-refractivity contribution >= 4 is 39.3 Å². The Hall–Kier alpha value is -1.58. The molecule has 1 saturated heterocycles. The van der Waals surface area contributed by atoms with Crippen molar-refractivity contribution in [3.05, 3.63) is 18.2 Å². The number of carbonyl (C=O) groups is 2. The minimum Gasteiger partial charge on any atom is -0.369 e. The van der Waals surface area contributed by atoms with Gasteiger partial charge in [0.25, 0.3) is 0 Å². The van der Waals surface area contributed by atoms with Crippen molar-refractivity contribution in [1.29, 1.82) is 0 Å². The smallest absolute Gasteiger partial charge is 0.243 e. The predicted octanol–water partition coefficient (Wildman–Crippen LogP) is 1.01. The van der Waals surface area contributed by atoms with Crippen molar-refractivity contribution in [1.82, 2.24) is 4.31 Å². The van der Waals surface area contributed by atoms with Crippen LogP contribution >= 0.6 is 11.8 Å². The highest BCUT2D eigenvalue weighted by atomic mass is 32.2. The molecule has 1 aromatic carbocycles. The Kier molecular flexibility index (Phi) is 4.58. The number of amides is 2. The summed E-state index contributed by atoms with van der Waals surface area (Å²) in [6.07, 6.45) is 0.892.